The summed E-state index contributed by atoms with van der Waals surface area (Å²) in [7, 11) is 4.19. The van der Waals surface area contributed by atoms with Gasteiger partial charge in [0.25, 0.3) is 0 Å². The molecule has 34 heavy (non-hydrogen) atoms. The van der Waals surface area contributed by atoms with Crippen molar-refractivity contribution in [2.45, 2.75) is 12.5 Å². The third-order valence-corrected chi connectivity index (χ3v) is 6.83. The fraction of sp³-hybridized carbons (Fsp3) is 0.417. The minimum Gasteiger partial charge on any atom is -0.375 e. The lowest BCUT2D eigenvalue weighted by Crippen LogP contribution is -2.47. The first-order valence-electron chi connectivity index (χ1n) is 11.4. The molecule has 2 aliphatic heterocycles. The number of hydrogen-bond donors (Lipinski definition) is 2. The molecule has 10 heteroatoms. The molecule has 0 radical (unpaired) electrons. The van der Waals surface area contributed by atoms with Crippen LogP contribution in [0.4, 0.5) is 21.5 Å². The van der Waals surface area contributed by atoms with E-state index in [0.717, 1.165) is 62.1 Å². The molecule has 2 aromatic carbocycles. The fourth-order valence-corrected chi connectivity index (χ4v) is 4.85. The monoisotopic (exact) mass is 503 g/mol. The van der Waals surface area contributed by atoms with E-state index >= 15 is 4.39 Å². The maximum atomic E-state index is 15.3. The molecule has 2 aliphatic rings. The molecule has 0 unspecified atom stereocenters. The molecule has 0 aliphatic carbocycles. The van der Waals surface area contributed by atoms with E-state index in [-0.39, 0.29) is 10.9 Å². The van der Waals surface area contributed by atoms with Crippen molar-refractivity contribution < 1.29 is 4.39 Å². The number of hydrogen-bond acceptors (Lipinski definition) is 6. The van der Waals surface area contributed by atoms with Crippen molar-refractivity contribution in [2.75, 3.05) is 68.1 Å². The van der Waals surface area contributed by atoms with Crippen molar-refractivity contribution in [3.8, 4) is 0 Å². The van der Waals surface area contributed by atoms with E-state index in [1.807, 2.05) is 24.3 Å². The Morgan fingerprint density at radius 2 is 1.85 bits per heavy atom. The van der Waals surface area contributed by atoms with Crippen LogP contribution in [-0.4, -0.2) is 75.6 Å². The number of likely N-dealkylation sites (N-methyl/N-ethyl adjacent to an activating group) is 1. The van der Waals surface area contributed by atoms with Crippen LogP contribution in [0.25, 0.3) is 0 Å². The SMILES string of the molecule is CN(C)[C@H]1CCN(c2cc(N3CCN(c4cccc(Cl)c4)CC3)c(F)cc2C=NNC(N)=S)C1. The summed E-state index contributed by atoms with van der Waals surface area (Å²) in [4.78, 5) is 8.94. The number of anilines is 3. The number of hydrazone groups is 1. The molecule has 0 aromatic heterocycles. The van der Waals surface area contributed by atoms with E-state index in [0.29, 0.717) is 17.3 Å². The van der Waals surface area contributed by atoms with Crippen LogP contribution in [0.2, 0.25) is 5.02 Å². The molecule has 182 valence electrons. The molecule has 3 N–H and O–H groups in total. The van der Waals surface area contributed by atoms with E-state index in [9.17, 15) is 0 Å². The topological polar surface area (TPSA) is 63.4 Å². The van der Waals surface area contributed by atoms with E-state index in [4.69, 9.17) is 29.6 Å². The lowest BCUT2D eigenvalue weighted by molar-refractivity contribution is 0.315. The van der Waals surface area contributed by atoms with Gasteiger partial charge in [0.15, 0.2) is 5.11 Å². The smallest absolute Gasteiger partial charge is 0.184 e. The third kappa shape index (κ3) is 5.71. The van der Waals surface area contributed by atoms with Gasteiger partial charge < -0.3 is 25.3 Å². The zero-order valence-electron chi connectivity index (χ0n) is 19.5. The molecule has 7 nitrogen and oxygen atoms in total. The first-order valence-corrected chi connectivity index (χ1v) is 12.2. The van der Waals surface area contributed by atoms with E-state index in [2.05, 4.69) is 50.3 Å². The lowest BCUT2D eigenvalue weighted by Gasteiger charge is -2.38. The van der Waals surface area contributed by atoms with Crippen LogP contribution < -0.4 is 25.9 Å². The Bertz CT molecular complexity index is 1060. The van der Waals surface area contributed by atoms with Gasteiger partial charge in [0.05, 0.1) is 11.9 Å². The minimum absolute atomic E-state index is 0.0707. The van der Waals surface area contributed by atoms with Gasteiger partial charge in [0, 0.05) is 67.3 Å². The van der Waals surface area contributed by atoms with Crippen LogP contribution in [0.1, 0.15) is 12.0 Å². The summed E-state index contributed by atoms with van der Waals surface area (Å²) in [6.07, 6.45) is 2.64. The lowest BCUT2D eigenvalue weighted by atomic mass is 10.1. The largest absolute Gasteiger partial charge is 0.375 e. The highest BCUT2D eigenvalue weighted by atomic mass is 35.5. The molecule has 0 spiro atoms. The molecule has 2 fully saturated rings. The van der Waals surface area contributed by atoms with Crippen LogP contribution in [0, 0.1) is 5.82 Å². The second-order valence-electron chi connectivity index (χ2n) is 8.90. The quantitative estimate of drug-likeness (QED) is 0.357. The number of piperazine rings is 1. The Labute approximate surface area is 210 Å². The predicted octanol–water partition coefficient (Wildman–Crippen LogP) is 3.11. The van der Waals surface area contributed by atoms with Gasteiger partial charge in [-0.05, 0) is 63.1 Å². The number of nitrogens with two attached hydrogens (primary N) is 1. The molecule has 2 saturated heterocycles. The normalized spacial score (nSPS) is 18.9. The molecule has 4 rings (SSSR count). The molecule has 2 heterocycles. The van der Waals surface area contributed by atoms with Gasteiger partial charge in [0.2, 0.25) is 0 Å². The zero-order chi connectivity index (χ0) is 24.2. The summed E-state index contributed by atoms with van der Waals surface area (Å²) in [6.45, 7) is 4.81. The van der Waals surface area contributed by atoms with Crippen LogP contribution in [0.5, 0.6) is 0 Å². The predicted molar refractivity (Wildman–Crippen MR) is 144 cm³/mol. The standard InChI is InChI=1S/C24H31ClFN7S/c1-30(2)20-6-7-33(16-20)22-14-23(21(26)12-17(22)15-28-29-24(27)34)32-10-8-31(9-11-32)19-5-3-4-18(25)13-19/h3-5,12-15,20H,6-11,16H2,1-2H3,(H3,27,29,34)/t20-/m0/s1. The Morgan fingerprint density at radius 1 is 1.12 bits per heavy atom. The van der Waals surface area contributed by atoms with Gasteiger partial charge in [-0.3, -0.25) is 5.43 Å². The Morgan fingerprint density at radius 3 is 2.50 bits per heavy atom. The molecule has 0 amide bonds. The average Bonchev–Trinajstić information content (AvgIpc) is 3.30. The molecule has 0 saturated carbocycles. The highest BCUT2D eigenvalue weighted by molar-refractivity contribution is 7.80. The maximum Gasteiger partial charge on any atom is 0.184 e. The summed E-state index contributed by atoms with van der Waals surface area (Å²) in [5.41, 5.74) is 11.4. The third-order valence-electron chi connectivity index (χ3n) is 6.50. The van der Waals surface area contributed by atoms with Crippen molar-refractivity contribution in [2.24, 2.45) is 10.8 Å². The van der Waals surface area contributed by atoms with Crippen molar-refractivity contribution in [3.05, 3.63) is 52.8 Å². The second kappa shape index (κ2) is 10.8. The zero-order valence-corrected chi connectivity index (χ0v) is 21.1. The summed E-state index contributed by atoms with van der Waals surface area (Å²) >= 11 is 11.0. The number of nitrogens with one attached hydrogen (secondary N) is 1. The van der Waals surface area contributed by atoms with Crippen molar-refractivity contribution >= 4 is 52.2 Å². The molecular weight excluding hydrogens is 473 g/mol. The second-order valence-corrected chi connectivity index (χ2v) is 9.78. The maximum absolute atomic E-state index is 15.3. The van der Waals surface area contributed by atoms with Crippen LogP contribution in [0.3, 0.4) is 0 Å². The van der Waals surface area contributed by atoms with Gasteiger partial charge in [-0.25, -0.2) is 4.39 Å². The summed E-state index contributed by atoms with van der Waals surface area (Å²) in [6, 6.07) is 11.8. The van der Waals surface area contributed by atoms with Crippen LogP contribution >= 0.6 is 23.8 Å². The summed E-state index contributed by atoms with van der Waals surface area (Å²) < 4.78 is 15.3. The Kier molecular flexibility index (Phi) is 7.75. The first-order chi connectivity index (χ1) is 16.3. The van der Waals surface area contributed by atoms with E-state index in [1.54, 1.807) is 12.3 Å². The molecule has 2 aromatic rings. The fourth-order valence-electron chi connectivity index (χ4n) is 4.61. The first kappa shape index (κ1) is 24.5. The van der Waals surface area contributed by atoms with Crippen LogP contribution in [-0.2, 0) is 0 Å². The van der Waals surface area contributed by atoms with Crippen LogP contribution in [0.15, 0.2) is 41.5 Å². The highest BCUT2D eigenvalue weighted by Gasteiger charge is 2.28. The van der Waals surface area contributed by atoms with Gasteiger partial charge in [0.1, 0.15) is 5.82 Å². The number of halogens is 2. The Hall–Kier alpha value is -2.62. The van der Waals surface area contributed by atoms with Gasteiger partial charge in [-0.2, -0.15) is 5.10 Å². The Balaban J connectivity index is 1.57. The van der Waals surface area contributed by atoms with Crippen molar-refractivity contribution in [1.82, 2.24) is 10.3 Å². The summed E-state index contributed by atoms with van der Waals surface area (Å²) in [5, 5.41) is 4.88. The molecular formula is C24H31ClFN7S. The molecule has 0 bridgehead atoms. The van der Waals surface area contributed by atoms with Crippen molar-refractivity contribution in [1.29, 1.82) is 0 Å². The average molecular weight is 504 g/mol. The van der Waals surface area contributed by atoms with Crippen molar-refractivity contribution in [3.63, 3.8) is 0 Å². The number of thiocarbonyl (C=S) groups is 1. The van der Waals surface area contributed by atoms with Gasteiger partial charge in [-0.15, -0.1) is 0 Å². The van der Waals surface area contributed by atoms with Gasteiger partial charge in [-0.1, -0.05) is 17.7 Å². The minimum atomic E-state index is -0.264. The van der Waals surface area contributed by atoms with E-state index < -0.39 is 0 Å². The van der Waals surface area contributed by atoms with Gasteiger partial charge >= 0.3 is 0 Å². The number of rotatable bonds is 6. The molecule has 1 atom stereocenters. The number of benzene rings is 2. The van der Waals surface area contributed by atoms with E-state index in [1.165, 1.54) is 0 Å². The number of nitrogens with zero attached hydrogens (tertiary/aromatic N) is 5. The summed E-state index contributed by atoms with van der Waals surface area (Å²) in [5.74, 6) is -0.264. The highest BCUT2D eigenvalue weighted by Crippen LogP contribution is 2.33.